The van der Waals surface area contributed by atoms with E-state index in [2.05, 4.69) is 25.9 Å². The van der Waals surface area contributed by atoms with Gasteiger partial charge in [-0.15, -0.1) is 0 Å². The SMILES string of the molecule is N#Cc1nccnc1C(=O)c1cccc(Br)c1. The molecule has 5 heteroatoms. The van der Waals surface area contributed by atoms with Gasteiger partial charge in [-0.1, -0.05) is 28.1 Å². The summed E-state index contributed by atoms with van der Waals surface area (Å²) < 4.78 is 0.797. The van der Waals surface area contributed by atoms with E-state index in [4.69, 9.17) is 5.26 Å². The highest BCUT2D eigenvalue weighted by atomic mass is 79.9. The second kappa shape index (κ2) is 4.85. The monoisotopic (exact) mass is 287 g/mol. The zero-order chi connectivity index (χ0) is 12.3. The molecule has 0 aliphatic heterocycles. The molecule has 2 aromatic rings. The molecule has 0 saturated carbocycles. The summed E-state index contributed by atoms with van der Waals surface area (Å²) in [6.07, 6.45) is 2.78. The maximum absolute atomic E-state index is 12.1. The van der Waals surface area contributed by atoms with Gasteiger partial charge in [-0.25, -0.2) is 9.97 Å². The molecule has 0 saturated heterocycles. The molecule has 0 spiro atoms. The number of carbonyl (C=O) groups excluding carboxylic acids is 1. The lowest BCUT2D eigenvalue weighted by Crippen LogP contribution is -2.08. The molecule has 0 aliphatic carbocycles. The van der Waals surface area contributed by atoms with Crippen molar-refractivity contribution < 1.29 is 4.79 Å². The van der Waals surface area contributed by atoms with Gasteiger partial charge < -0.3 is 0 Å². The first-order chi connectivity index (χ1) is 8.22. The lowest BCUT2D eigenvalue weighted by atomic mass is 10.1. The topological polar surface area (TPSA) is 66.6 Å². The van der Waals surface area contributed by atoms with Crippen LogP contribution in [0.1, 0.15) is 21.7 Å². The van der Waals surface area contributed by atoms with Crippen molar-refractivity contribution in [3.63, 3.8) is 0 Å². The molecule has 82 valence electrons. The molecule has 4 nitrogen and oxygen atoms in total. The fourth-order valence-corrected chi connectivity index (χ4v) is 1.75. The average Bonchev–Trinajstić information content (AvgIpc) is 2.38. The Kier molecular flexibility index (Phi) is 3.26. The van der Waals surface area contributed by atoms with Crippen LogP contribution in [0, 0.1) is 11.3 Å². The summed E-state index contributed by atoms with van der Waals surface area (Å²) in [6, 6.07) is 8.77. The van der Waals surface area contributed by atoms with Gasteiger partial charge in [0.1, 0.15) is 11.8 Å². The molecule has 0 N–H and O–H groups in total. The predicted molar refractivity (Wildman–Crippen MR) is 64.3 cm³/mol. The Morgan fingerprint density at radius 1 is 1.29 bits per heavy atom. The zero-order valence-corrected chi connectivity index (χ0v) is 10.2. The highest BCUT2D eigenvalue weighted by Crippen LogP contribution is 2.15. The quantitative estimate of drug-likeness (QED) is 0.795. The molecule has 1 aromatic carbocycles. The summed E-state index contributed by atoms with van der Waals surface area (Å²) in [5, 5.41) is 8.85. The maximum atomic E-state index is 12.1. The minimum absolute atomic E-state index is 0.0393. The van der Waals surface area contributed by atoms with E-state index in [0.29, 0.717) is 5.56 Å². The number of hydrogen-bond donors (Lipinski definition) is 0. The standard InChI is InChI=1S/C12H6BrN3O/c13-9-3-1-2-8(6-9)12(17)11-10(7-14)15-4-5-16-11/h1-6H. The van der Waals surface area contributed by atoms with Gasteiger partial charge in [0.2, 0.25) is 5.78 Å². The maximum Gasteiger partial charge on any atom is 0.214 e. The van der Waals surface area contributed by atoms with E-state index < -0.39 is 0 Å². The van der Waals surface area contributed by atoms with Crippen LogP contribution in [0.3, 0.4) is 0 Å². The second-order valence-corrected chi connectivity index (χ2v) is 4.12. The highest BCUT2D eigenvalue weighted by molar-refractivity contribution is 9.10. The number of carbonyl (C=O) groups is 1. The summed E-state index contributed by atoms with van der Waals surface area (Å²) >= 11 is 3.29. The van der Waals surface area contributed by atoms with E-state index in [9.17, 15) is 4.79 Å². The molecule has 0 bridgehead atoms. The first-order valence-corrected chi connectivity index (χ1v) is 5.53. The molecule has 0 fully saturated rings. The van der Waals surface area contributed by atoms with E-state index in [1.165, 1.54) is 12.4 Å². The van der Waals surface area contributed by atoms with Crippen LogP contribution in [0.5, 0.6) is 0 Å². The third kappa shape index (κ3) is 2.37. The van der Waals surface area contributed by atoms with Crippen LogP contribution < -0.4 is 0 Å². The van der Waals surface area contributed by atoms with Crippen molar-refractivity contribution in [2.45, 2.75) is 0 Å². The smallest absolute Gasteiger partial charge is 0.214 e. The number of hydrogen-bond acceptors (Lipinski definition) is 4. The zero-order valence-electron chi connectivity index (χ0n) is 8.59. The van der Waals surface area contributed by atoms with Gasteiger partial charge in [-0.05, 0) is 12.1 Å². The van der Waals surface area contributed by atoms with Crippen molar-refractivity contribution in [2.75, 3.05) is 0 Å². The Balaban J connectivity index is 2.48. The number of halogens is 1. The summed E-state index contributed by atoms with van der Waals surface area (Å²) in [4.78, 5) is 19.8. The molecule has 0 radical (unpaired) electrons. The van der Waals surface area contributed by atoms with Crippen molar-refractivity contribution >= 4 is 21.7 Å². The minimum atomic E-state index is -0.309. The molecule has 0 amide bonds. The Morgan fingerprint density at radius 2 is 2.06 bits per heavy atom. The minimum Gasteiger partial charge on any atom is -0.287 e. The van der Waals surface area contributed by atoms with Crippen LogP contribution >= 0.6 is 15.9 Å². The van der Waals surface area contributed by atoms with Crippen LogP contribution in [0.25, 0.3) is 0 Å². The van der Waals surface area contributed by atoms with Gasteiger partial charge in [0.15, 0.2) is 5.69 Å². The largest absolute Gasteiger partial charge is 0.287 e. The van der Waals surface area contributed by atoms with Gasteiger partial charge in [-0.3, -0.25) is 4.79 Å². The molecular formula is C12H6BrN3O. The van der Waals surface area contributed by atoms with Crippen molar-refractivity contribution in [3.8, 4) is 6.07 Å². The van der Waals surface area contributed by atoms with E-state index >= 15 is 0 Å². The van der Waals surface area contributed by atoms with Crippen molar-refractivity contribution in [1.82, 2.24) is 9.97 Å². The van der Waals surface area contributed by atoms with E-state index in [1.54, 1.807) is 18.2 Å². The number of benzene rings is 1. The number of ketones is 1. The van der Waals surface area contributed by atoms with Crippen molar-refractivity contribution in [1.29, 1.82) is 5.26 Å². The number of aromatic nitrogens is 2. The summed E-state index contributed by atoms with van der Waals surface area (Å²) in [5.41, 5.74) is 0.585. The van der Waals surface area contributed by atoms with Gasteiger partial charge >= 0.3 is 0 Å². The van der Waals surface area contributed by atoms with Crippen molar-refractivity contribution in [2.24, 2.45) is 0 Å². The Bertz CT molecular complexity index is 619. The lowest BCUT2D eigenvalue weighted by molar-refractivity contribution is 0.103. The summed E-state index contributed by atoms with van der Waals surface area (Å²) in [7, 11) is 0. The predicted octanol–water partition coefficient (Wildman–Crippen LogP) is 2.34. The fraction of sp³-hybridized carbons (Fsp3) is 0. The number of nitriles is 1. The Labute approximate surface area is 106 Å². The first kappa shape index (κ1) is 11.4. The van der Waals surface area contributed by atoms with Crippen LogP contribution in [0.4, 0.5) is 0 Å². The molecule has 2 rings (SSSR count). The van der Waals surface area contributed by atoms with Crippen LogP contribution in [0.15, 0.2) is 41.1 Å². The van der Waals surface area contributed by atoms with Gasteiger partial charge in [0.25, 0.3) is 0 Å². The van der Waals surface area contributed by atoms with E-state index in [0.717, 1.165) is 4.47 Å². The fourth-order valence-electron chi connectivity index (χ4n) is 1.35. The Morgan fingerprint density at radius 3 is 2.76 bits per heavy atom. The molecule has 0 aliphatic rings. The van der Waals surface area contributed by atoms with Gasteiger partial charge in [0.05, 0.1) is 0 Å². The number of nitrogens with zero attached hydrogens (tertiary/aromatic N) is 3. The molecule has 17 heavy (non-hydrogen) atoms. The molecular weight excluding hydrogens is 282 g/mol. The Hall–Kier alpha value is -2.06. The van der Waals surface area contributed by atoms with Crippen LogP contribution in [0.2, 0.25) is 0 Å². The second-order valence-electron chi connectivity index (χ2n) is 3.20. The first-order valence-electron chi connectivity index (χ1n) is 4.74. The highest BCUT2D eigenvalue weighted by Gasteiger charge is 2.15. The lowest BCUT2D eigenvalue weighted by Gasteiger charge is -2.01. The number of rotatable bonds is 2. The third-order valence-electron chi connectivity index (χ3n) is 2.11. The summed E-state index contributed by atoms with van der Waals surface area (Å²) in [6.45, 7) is 0. The summed E-state index contributed by atoms with van der Waals surface area (Å²) in [5.74, 6) is -0.309. The normalized spacial score (nSPS) is 9.65. The van der Waals surface area contributed by atoms with Gasteiger partial charge in [-0.2, -0.15) is 5.26 Å². The average molecular weight is 288 g/mol. The van der Waals surface area contributed by atoms with E-state index in [-0.39, 0.29) is 17.2 Å². The van der Waals surface area contributed by atoms with Gasteiger partial charge in [0, 0.05) is 22.4 Å². The van der Waals surface area contributed by atoms with E-state index in [1.807, 2.05) is 12.1 Å². The molecule has 1 heterocycles. The molecule has 0 atom stereocenters. The molecule has 1 aromatic heterocycles. The third-order valence-corrected chi connectivity index (χ3v) is 2.60. The molecule has 0 unspecified atom stereocenters. The van der Waals surface area contributed by atoms with Crippen molar-refractivity contribution in [3.05, 3.63) is 58.1 Å². The van der Waals surface area contributed by atoms with Crippen LogP contribution in [-0.4, -0.2) is 15.8 Å². The van der Waals surface area contributed by atoms with Crippen LogP contribution in [-0.2, 0) is 0 Å².